The van der Waals surface area contributed by atoms with Gasteiger partial charge in [0.15, 0.2) is 0 Å². The van der Waals surface area contributed by atoms with Gasteiger partial charge in [-0.15, -0.1) is 0 Å². The Kier molecular flexibility index (Phi) is 5.74. The molecule has 0 spiro atoms. The quantitative estimate of drug-likeness (QED) is 0.794. The van der Waals surface area contributed by atoms with E-state index in [2.05, 4.69) is 6.92 Å². The van der Waals surface area contributed by atoms with Crippen molar-refractivity contribution in [3.05, 3.63) is 35.4 Å². The highest BCUT2D eigenvalue weighted by atomic mass is 19.1. The highest BCUT2D eigenvalue weighted by Crippen LogP contribution is 2.43. The summed E-state index contributed by atoms with van der Waals surface area (Å²) in [6, 6.07) is 3.99. The van der Waals surface area contributed by atoms with Gasteiger partial charge < -0.3 is 5.11 Å². The lowest BCUT2D eigenvalue weighted by atomic mass is 9.67. The molecule has 0 amide bonds. The third kappa shape index (κ3) is 4.03. The van der Waals surface area contributed by atoms with E-state index in [1.807, 2.05) is 0 Å². The van der Waals surface area contributed by atoms with Crippen LogP contribution in [0.25, 0.3) is 0 Å². The van der Waals surface area contributed by atoms with Crippen LogP contribution in [0, 0.1) is 23.0 Å². The van der Waals surface area contributed by atoms with Gasteiger partial charge in [-0.3, -0.25) is 0 Å². The fraction of sp³-hybridized carbons (Fsp3) is 0.667. The van der Waals surface area contributed by atoms with Crippen molar-refractivity contribution >= 4 is 0 Å². The van der Waals surface area contributed by atoms with Crippen LogP contribution in [0.1, 0.15) is 57.4 Å². The Morgan fingerprint density at radius 3 is 2.33 bits per heavy atom. The van der Waals surface area contributed by atoms with Crippen molar-refractivity contribution in [2.45, 2.75) is 58.3 Å². The number of hydrogen-bond acceptors (Lipinski definition) is 1. The van der Waals surface area contributed by atoms with Crippen molar-refractivity contribution in [3.63, 3.8) is 0 Å². The van der Waals surface area contributed by atoms with Crippen LogP contribution in [0.15, 0.2) is 18.2 Å². The number of benzene rings is 1. The average Bonchev–Trinajstić information content (AvgIpc) is 2.50. The van der Waals surface area contributed by atoms with Crippen molar-refractivity contribution in [1.82, 2.24) is 0 Å². The Labute approximate surface area is 126 Å². The Morgan fingerprint density at radius 1 is 1.19 bits per heavy atom. The molecule has 0 heterocycles. The lowest BCUT2D eigenvalue weighted by Gasteiger charge is -2.39. The zero-order valence-electron chi connectivity index (χ0n) is 12.9. The first-order chi connectivity index (χ1) is 10.1. The van der Waals surface area contributed by atoms with Gasteiger partial charge in [0.25, 0.3) is 0 Å². The Balaban J connectivity index is 2.03. The van der Waals surface area contributed by atoms with E-state index in [0.29, 0.717) is 6.42 Å². The van der Waals surface area contributed by atoms with E-state index in [9.17, 15) is 13.9 Å². The summed E-state index contributed by atoms with van der Waals surface area (Å²) in [6.07, 6.45) is 7.87. The molecule has 1 aliphatic carbocycles. The molecule has 1 aliphatic rings. The van der Waals surface area contributed by atoms with Gasteiger partial charge in [0, 0.05) is 12.2 Å². The van der Waals surface area contributed by atoms with Gasteiger partial charge in [0.2, 0.25) is 0 Å². The normalized spacial score (nSPS) is 26.0. The van der Waals surface area contributed by atoms with Crippen LogP contribution in [-0.2, 0) is 6.42 Å². The second kappa shape index (κ2) is 7.35. The molecule has 0 atom stereocenters. The minimum atomic E-state index is -0.490. The van der Waals surface area contributed by atoms with Crippen molar-refractivity contribution in [2.24, 2.45) is 11.3 Å². The maximum absolute atomic E-state index is 13.8. The molecule has 0 unspecified atom stereocenters. The number of rotatable bonds is 6. The predicted octanol–water partition coefficient (Wildman–Crippen LogP) is 4.87. The van der Waals surface area contributed by atoms with E-state index >= 15 is 0 Å². The molecule has 1 aromatic carbocycles. The molecular formula is C18H26F2O. The number of halogens is 2. The maximum atomic E-state index is 13.8. The summed E-state index contributed by atoms with van der Waals surface area (Å²) in [5.41, 5.74) is -0.204. The highest BCUT2D eigenvalue weighted by molar-refractivity contribution is 5.21. The van der Waals surface area contributed by atoms with Crippen LogP contribution in [0.5, 0.6) is 0 Å². The van der Waals surface area contributed by atoms with Crippen LogP contribution in [0.4, 0.5) is 8.78 Å². The lowest BCUT2D eigenvalue weighted by molar-refractivity contribution is 0.0605. The van der Waals surface area contributed by atoms with Crippen LogP contribution in [0.3, 0.4) is 0 Å². The van der Waals surface area contributed by atoms with Crippen molar-refractivity contribution in [2.75, 3.05) is 6.61 Å². The van der Waals surface area contributed by atoms with E-state index in [0.717, 1.165) is 31.6 Å². The molecule has 21 heavy (non-hydrogen) atoms. The van der Waals surface area contributed by atoms with E-state index in [1.165, 1.54) is 37.5 Å². The molecule has 0 radical (unpaired) electrons. The van der Waals surface area contributed by atoms with Crippen molar-refractivity contribution in [3.8, 4) is 0 Å². The van der Waals surface area contributed by atoms with Gasteiger partial charge in [-0.05, 0) is 55.6 Å². The molecule has 0 aromatic heterocycles. The zero-order chi connectivity index (χ0) is 15.3. The molecule has 1 aromatic rings. The van der Waals surface area contributed by atoms with Gasteiger partial charge in [-0.2, -0.15) is 0 Å². The first-order valence-corrected chi connectivity index (χ1v) is 8.14. The molecule has 3 heteroatoms. The lowest BCUT2D eigenvalue weighted by Crippen LogP contribution is -2.34. The summed E-state index contributed by atoms with van der Waals surface area (Å²) in [5.74, 6) is -0.262. The summed E-state index contributed by atoms with van der Waals surface area (Å²) < 4.78 is 27.7. The molecule has 1 nitrogen and oxygen atoms in total. The smallest absolute Gasteiger partial charge is 0.129 e. The number of aliphatic hydroxyl groups is 1. The van der Waals surface area contributed by atoms with Crippen molar-refractivity contribution in [1.29, 1.82) is 0 Å². The zero-order valence-corrected chi connectivity index (χ0v) is 12.9. The third-order valence-electron chi connectivity index (χ3n) is 5.08. The first kappa shape index (κ1) is 16.4. The monoisotopic (exact) mass is 296 g/mol. The summed E-state index contributed by atoms with van der Waals surface area (Å²) >= 11 is 0. The largest absolute Gasteiger partial charge is 0.396 e. The molecule has 118 valence electrons. The van der Waals surface area contributed by atoms with E-state index in [-0.39, 0.29) is 17.6 Å². The summed E-state index contributed by atoms with van der Waals surface area (Å²) in [4.78, 5) is 0. The van der Waals surface area contributed by atoms with E-state index in [1.54, 1.807) is 0 Å². The molecule has 0 bridgehead atoms. The summed E-state index contributed by atoms with van der Waals surface area (Å²) in [5, 5.41) is 9.80. The maximum Gasteiger partial charge on any atom is 0.129 e. The van der Waals surface area contributed by atoms with Gasteiger partial charge in [0.1, 0.15) is 11.6 Å². The summed E-state index contributed by atoms with van der Waals surface area (Å²) in [6.45, 7) is 2.21. The fourth-order valence-electron chi connectivity index (χ4n) is 3.54. The van der Waals surface area contributed by atoms with Gasteiger partial charge in [-0.25, -0.2) is 8.78 Å². The van der Waals surface area contributed by atoms with Crippen LogP contribution < -0.4 is 0 Å². The van der Waals surface area contributed by atoms with Crippen LogP contribution >= 0.6 is 0 Å². The highest BCUT2D eigenvalue weighted by Gasteiger charge is 2.36. The second-order valence-corrected chi connectivity index (χ2v) is 6.62. The van der Waals surface area contributed by atoms with E-state index in [4.69, 9.17) is 0 Å². The molecule has 1 saturated carbocycles. The topological polar surface area (TPSA) is 20.2 Å². The van der Waals surface area contributed by atoms with Gasteiger partial charge in [0.05, 0.1) is 0 Å². The van der Waals surface area contributed by atoms with Gasteiger partial charge in [-0.1, -0.05) is 32.3 Å². The predicted molar refractivity (Wildman–Crippen MR) is 81.1 cm³/mol. The SMILES string of the molecule is CCCCC1CCC(CO)(Cc2c(F)cccc2F)CC1. The van der Waals surface area contributed by atoms with Crippen molar-refractivity contribution < 1.29 is 13.9 Å². The first-order valence-electron chi connectivity index (χ1n) is 8.14. The minimum absolute atomic E-state index is 0.0152. The minimum Gasteiger partial charge on any atom is -0.396 e. The average molecular weight is 296 g/mol. The molecule has 2 rings (SSSR count). The second-order valence-electron chi connectivity index (χ2n) is 6.62. The third-order valence-corrected chi connectivity index (χ3v) is 5.08. The van der Waals surface area contributed by atoms with E-state index < -0.39 is 11.6 Å². The standard InChI is InChI=1S/C18H26F2O/c1-2-3-5-14-8-10-18(13-21,11-9-14)12-15-16(19)6-4-7-17(15)20/h4,6-7,14,21H,2-3,5,8-13H2,1H3. The molecule has 0 aliphatic heterocycles. The van der Waals surface area contributed by atoms with Gasteiger partial charge >= 0.3 is 0 Å². The number of aliphatic hydroxyl groups excluding tert-OH is 1. The Hall–Kier alpha value is -0.960. The number of hydrogen-bond donors (Lipinski definition) is 1. The molecule has 1 N–H and O–H groups in total. The number of unbranched alkanes of at least 4 members (excludes halogenated alkanes) is 1. The molecule has 0 saturated heterocycles. The Morgan fingerprint density at radius 2 is 1.81 bits per heavy atom. The van der Waals surface area contributed by atoms with Crippen LogP contribution in [-0.4, -0.2) is 11.7 Å². The molecular weight excluding hydrogens is 270 g/mol. The molecule has 1 fully saturated rings. The Bertz CT molecular complexity index is 430. The summed E-state index contributed by atoms with van der Waals surface area (Å²) in [7, 11) is 0. The van der Waals surface area contributed by atoms with Crippen LogP contribution in [0.2, 0.25) is 0 Å². The fourth-order valence-corrected chi connectivity index (χ4v) is 3.54.